The van der Waals surface area contributed by atoms with Crippen molar-refractivity contribution in [3.63, 3.8) is 0 Å². The minimum absolute atomic E-state index is 0.0501. The first-order chi connectivity index (χ1) is 14.9. The predicted molar refractivity (Wildman–Crippen MR) is 112 cm³/mol. The minimum atomic E-state index is -4.93. The van der Waals surface area contributed by atoms with E-state index in [1.165, 1.54) is 6.07 Å². The van der Waals surface area contributed by atoms with Gasteiger partial charge in [0, 0.05) is 17.9 Å². The van der Waals surface area contributed by atoms with Gasteiger partial charge in [-0.05, 0) is 29.9 Å². The number of thiocarbonyl (C=S) groups is 1. The lowest BCUT2D eigenvalue weighted by molar-refractivity contribution is -0.384. The molecule has 1 fully saturated rings. The number of thiol groups is 1. The Morgan fingerprint density at radius 1 is 1.44 bits per heavy atom. The minimum Gasteiger partial charge on any atom is -0.362 e. The van der Waals surface area contributed by atoms with Crippen molar-refractivity contribution in [1.29, 1.82) is 0 Å². The number of imide groups is 1. The van der Waals surface area contributed by atoms with Crippen molar-refractivity contribution in [3.05, 3.63) is 44.3 Å². The summed E-state index contributed by atoms with van der Waals surface area (Å²) in [6.45, 7) is -0.261. The van der Waals surface area contributed by atoms with Crippen molar-refractivity contribution in [2.75, 3.05) is 6.54 Å². The maximum atomic E-state index is 12.3. The van der Waals surface area contributed by atoms with Crippen LogP contribution >= 0.6 is 24.8 Å². The van der Waals surface area contributed by atoms with Gasteiger partial charge in [-0.3, -0.25) is 29.1 Å². The number of nitro benzene ring substituents is 1. The Bertz CT molecular complexity index is 1160. The van der Waals surface area contributed by atoms with Gasteiger partial charge in [-0.25, -0.2) is 0 Å². The first kappa shape index (κ1) is 25.0. The number of carbonyl (C=O) groups excluding carboxylic acids is 3. The average molecular weight is 504 g/mol. The summed E-state index contributed by atoms with van der Waals surface area (Å²) < 4.78 is 31.6. The first-order valence-corrected chi connectivity index (χ1v) is 10.7. The molecule has 1 aromatic carbocycles. The lowest BCUT2D eigenvalue weighted by atomic mass is 10.1. The number of para-hydroxylation sites is 1. The summed E-state index contributed by atoms with van der Waals surface area (Å²) >= 11 is 8.53. The van der Waals surface area contributed by atoms with E-state index in [0.717, 1.165) is 12.1 Å². The number of nitro groups is 1. The summed E-state index contributed by atoms with van der Waals surface area (Å²) in [7, 11) is -4.93. The third-order valence-corrected chi connectivity index (χ3v) is 6.02. The molecule has 1 aliphatic rings. The van der Waals surface area contributed by atoms with Crippen LogP contribution in [-0.4, -0.2) is 62.8 Å². The van der Waals surface area contributed by atoms with E-state index in [4.69, 9.17) is 27.1 Å². The van der Waals surface area contributed by atoms with Crippen LogP contribution in [0.3, 0.4) is 0 Å². The van der Waals surface area contributed by atoms with E-state index in [9.17, 15) is 32.9 Å². The molecule has 2 rings (SSSR count). The van der Waals surface area contributed by atoms with Crippen LogP contribution in [0, 0.1) is 10.1 Å². The molecule has 0 aliphatic carbocycles. The first-order valence-electron chi connectivity index (χ1n) is 8.23. The Balaban J connectivity index is 2.02. The molecule has 0 aromatic heterocycles. The third kappa shape index (κ3) is 5.29. The summed E-state index contributed by atoms with van der Waals surface area (Å²) in [5, 5.41) is 12.5. The molecule has 32 heavy (non-hydrogen) atoms. The number of benzene rings is 1. The Hall–Kier alpha value is -3.31. The number of carbonyl (C=O) groups is 3. The van der Waals surface area contributed by atoms with Gasteiger partial charge in [0.05, 0.1) is 4.92 Å². The molecule has 170 valence electrons. The van der Waals surface area contributed by atoms with Gasteiger partial charge in [0.15, 0.2) is 10.3 Å². The van der Waals surface area contributed by atoms with Crippen molar-refractivity contribution in [2.45, 2.75) is 16.9 Å². The van der Waals surface area contributed by atoms with Crippen LogP contribution in [0.5, 0.6) is 0 Å². The van der Waals surface area contributed by atoms with Crippen molar-refractivity contribution >= 4 is 69.1 Å². The van der Waals surface area contributed by atoms with Crippen LogP contribution < -0.4 is 5.32 Å². The molecule has 15 nitrogen and oxygen atoms in total. The van der Waals surface area contributed by atoms with E-state index >= 15 is 0 Å². The fourth-order valence-electron chi connectivity index (χ4n) is 2.55. The van der Waals surface area contributed by atoms with Crippen LogP contribution in [0.25, 0.3) is 10.4 Å². The summed E-state index contributed by atoms with van der Waals surface area (Å²) in [6, 6.07) is 3.54. The fraction of sp³-hybridized carbons (Fsp3) is 0.286. The molecule has 1 aliphatic heterocycles. The summed E-state index contributed by atoms with van der Waals surface area (Å²) in [5.41, 5.74) is 7.01. The molecule has 0 radical (unpaired) electrons. The Kier molecular flexibility index (Phi) is 7.70. The number of rotatable bonds is 8. The van der Waals surface area contributed by atoms with E-state index in [2.05, 4.69) is 28.0 Å². The molecule has 0 spiro atoms. The maximum Gasteiger partial charge on any atom is 0.291 e. The second-order valence-electron chi connectivity index (χ2n) is 5.94. The van der Waals surface area contributed by atoms with E-state index in [1.54, 1.807) is 0 Å². The number of hydrogen-bond acceptors (Lipinski definition) is 11. The SMILES string of the molecule is [N-]=[N+]=Nc1cccc(C(=O)NCCC(=S)ON2C(=O)C(S)C(S(=O)(=O)O)C2=O)c1[N+](=O)[O-]. The van der Waals surface area contributed by atoms with Gasteiger partial charge in [0.1, 0.15) is 16.5 Å². The highest BCUT2D eigenvalue weighted by molar-refractivity contribution is 7.90. The quantitative estimate of drug-likeness (QED) is 0.0520. The van der Waals surface area contributed by atoms with Crippen LogP contribution in [0.2, 0.25) is 0 Å². The van der Waals surface area contributed by atoms with Crippen molar-refractivity contribution in [1.82, 2.24) is 10.4 Å². The second-order valence-corrected chi connectivity index (χ2v) is 8.49. The molecular formula is C14H12N6O9S3. The highest BCUT2D eigenvalue weighted by Gasteiger charge is 2.54. The smallest absolute Gasteiger partial charge is 0.291 e. The number of hydroxylamine groups is 2. The molecule has 1 heterocycles. The highest BCUT2D eigenvalue weighted by Crippen LogP contribution is 2.31. The Morgan fingerprint density at radius 2 is 2.09 bits per heavy atom. The zero-order chi connectivity index (χ0) is 24.2. The second kappa shape index (κ2) is 9.88. The summed E-state index contributed by atoms with van der Waals surface area (Å²) in [6.07, 6.45) is -0.268. The maximum absolute atomic E-state index is 12.3. The standard InChI is InChI=1S/C14H12N6O9S3/c15-18-17-7-3-1-2-6(9(7)20(24)25)12(21)16-5-4-8(30)29-19-13(22)10(31)11(14(19)23)32(26,27)28/h1-3,10-11,31H,4-5H2,(H,16,21)(H,26,27,28). The molecule has 18 heteroatoms. The van der Waals surface area contributed by atoms with Gasteiger partial charge in [0.25, 0.3) is 33.5 Å². The molecule has 2 unspecified atom stereocenters. The lowest BCUT2D eigenvalue weighted by Gasteiger charge is -2.15. The van der Waals surface area contributed by atoms with Crippen LogP contribution in [0.1, 0.15) is 16.8 Å². The van der Waals surface area contributed by atoms with E-state index < -0.39 is 59.6 Å². The normalized spacial score (nSPS) is 18.1. The number of azide groups is 1. The average Bonchev–Trinajstić information content (AvgIpc) is 2.90. The Labute approximate surface area is 189 Å². The van der Waals surface area contributed by atoms with Gasteiger partial charge in [0.2, 0.25) is 0 Å². The fourth-order valence-corrected chi connectivity index (χ4v) is 4.21. The number of nitrogens with zero attached hydrogens (tertiary/aromatic N) is 5. The van der Waals surface area contributed by atoms with Gasteiger partial charge >= 0.3 is 0 Å². The Morgan fingerprint density at radius 3 is 2.62 bits per heavy atom. The summed E-state index contributed by atoms with van der Waals surface area (Å²) in [4.78, 5) is 54.0. The number of nitrogens with one attached hydrogen (secondary N) is 1. The van der Waals surface area contributed by atoms with Crippen molar-refractivity contribution < 1.29 is 37.1 Å². The largest absolute Gasteiger partial charge is 0.362 e. The molecule has 1 saturated heterocycles. The van der Waals surface area contributed by atoms with Gasteiger partial charge in [-0.1, -0.05) is 11.2 Å². The van der Waals surface area contributed by atoms with Crippen LogP contribution in [-0.2, 0) is 24.5 Å². The van der Waals surface area contributed by atoms with Gasteiger partial charge < -0.3 is 10.2 Å². The van der Waals surface area contributed by atoms with Gasteiger partial charge in [-0.2, -0.15) is 21.0 Å². The molecule has 0 bridgehead atoms. The molecule has 2 atom stereocenters. The van der Waals surface area contributed by atoms with E-state index in [1.807, 2.05) is 0 Å². The van der Waals surface area contributed by atoms with Crippen LogP contribution in [0.4, 0.5) is 11.4 Å². The zero-order valence-electron chi connectivity index (χ0n) is 15.5. The zero-order valence-corrected chi connectivity index (χ0v) is 18.0. The number of hydrogen-bond donors (Lipinski definition) is 3. The molecule has 0 saturated carbocycles. The van der Waals surface area contributed by atoms with Crippen molar-refractivity contribution in [2.24, 2.45) is 5.11 Å². The van der Waals surface area contributed by atoms with Crippen LogP contribution in [0.15, 0.2) is 23.3 Å². The van der Waals surface area contributed by atoms with Gasteiger partial charge in [-0.15, -0.1) is 5.06 Å². The highest BCUT2D eigenvalue weighted by atomic mass is 32.2. The molecule has 1 aromatic rings. The predicted octanol–water partition coefficient (Wildman–Crippen LogP) is 0.839. The number of amides is 3. The summed E-state index contributed by atoms with van der Waals surface area (Å²) in [5.74, 6) is -3.48. The van der Waals surface area contributed by atoms with E-state index in [0.29, 0.717) is 0 Å². The molecule has 3 amide bonds. The third-order valence-electron chi connectivity index (χ3n) is 3.91. The van der Waals surface area contributed by atoms with E-state index in [-0.39, 0.29) is 23.7 Å². The van der Waals surface area contributed by atoms with Crippen molar-refractivity contribution in [3.8, 4) is 0 Å². The lowest BCUT2D eigenvalue weighted by Crippen LogP contribution is -2.37. The molecular weight excluding hydrogens is 492 g/mol. The monoisotopic (exact) mass is 504 g/mol. The molecule has 2 N–H and O–H groups in total. The topological polar surface area (TPSA) is 222 Å².